The lowest BCUT2D eigenvalue weighted by atomic mass is 9.78. The molecule has 2 amide bonds. The highest BCUT2D eigenvalue weighted by atomic mass is 32.2. The molecule has 1 saturated heterocycles. The Labute approximate surface area is 276 Å². The number of benzene rings is 2. The number of anilines is 1. The number of para-hydroxylation sites is 1. The van der Waals surface area contributed by atoms with Crippen LogP contribution in [0.25, 0.3) is 0 Å². The van der Waals surface area contributed by atoms with Gasteiger partial charge in [-0.25, -0.2) is 0 Å². The number of amides is 2. The van der Waals surface area contributed by atoms with Gasteiger partial charge in [0.05, 0.1) is 17.2 Å². The maximum atomic E-state index is 13.6. The molecule has 0 saturated carbocycles. The average Bonchev–Trinajstić information content (AvgIpc) is 3.04. The maximum absolute atomic E-state index is 13.6. The monoisotopic (exact) mass is 633 g/mol. The van der Waals surface area contributed by atoms with Crippen molar-refractivity contribution < 1.29 is 14.3 Å². The molecule has 1 fully saturated rings. The Balaban J connectivity index is 1.61. The fourth-order valence-electron chi connectivity index (χ4n) is 5.38. The molecule has 45 heavy (non-hydrogen) atoms. The number of nitrogens with zero attached hydrogens (tertiary/aromatic N) is 3. The van der Waals surface area contributed by atoms with E-state index in [9.17, 15) is 9.59 Å². The molecule has 1 heterocycles. The fourth-order valence-corrected chi connectivity index (χ4v) is 6.10. The molecule has 0 atom stereocenters. The maximum Gasteiger partial charge on any atom is 0.266 e. The van der Waals surface area contributed by atoms with Crippen LogP contribution in [0, 0.1) is 0 Å². The number of carbonyl (C=O) groups is 2. The van der Waals surface area contributed by atoms with Gasteiger partial charge in [0.15, 0.2) is 0 Å². The topological polar surface area (TPSA) is 53.1 Å². The summed E-state index contributed by atoms with van der Waals surface area (Å²) in [6.45, 7) is 18.7. The molecule has 2 aromatic rings. The quantitative estimate of drug-likeness (QED) is 0.127. The zero-order valence-electron chi connectivity index (χ0n) is 29.1. The van der Waals surface area contributed by atoms with E-state index < -0.39 is 0 Å². The van der Waals surface area contributed by atoms with E-state index in [-0.39, 0.29) is 22.6 Å². The van der Waals surface area contributed by atoms with Gasteiger partial charge < -0.3 is 19.4 Å². The first-order chi connectivity index (χ1) is 21.3. The van der Waals surface area contributed by atoms with Crippen LogP contribution < -0.4 is 9.64 Å². The van der Waals surface area contributed by atoms with Crippen molar-refractivity contribution in [2.75, 3.05) is 51.0 Å². The summed E-state index contributed by atoms with van der Waals surface area (Å²) in [7, 11) is 1.82. The Kier molecular flexibility index (Phi) is 13.2. The van der Waals surface area contributed by atoms with Crippen molar-refractivity contribution in [2.45, 2.75) is 85.0 Å². The largest absolute Gasteiger partial charge is 0.493 e. The van der Waals surface area contributed by atoms with Crippen LogP contribution in [0.2, 0.25) is 0 Å². The number of rotatable bonds is 13. The van der Waals surface area contributed by atoms with Crippen molar-refractivity contribution in [1.82, 2.24) is 9.80 Å². The van der Waals surface area contributed by atoms with Gasteiger partial charge in [-0.15, -0.1) is 11.8 Å². The van der Waals surface area contributed by atoms with E-state index in [1.54, 1.807) is 4.90 Å². The first kappa shape index (κ1) is 36.3. The number of likely N-dealkylation sites (N-methyl/N-ethyl adjacent to an activating group) is 1. The highest BCUT2D eigenvalue weighted by Crippen LogP contribution is 2.37. The van der Waals surface area contributed by atoms with Crippen molar-refractivity contribution in [3.05, 3.63) is 82.4 Å². The van der Waals surface area contributed by atoms with Gasteiger partial charge in [-0.1, -0.05) is 84.9 Å². The van der Waals surface area contributed by atoms with Gasteiger partial charge in [-0.05, 0) is 66.2 Å². The standard InChI is InChI=1S/C38H55N3O3S/c1-10-12-19-32(35(45-9)36(43)39(8)30-17-14-13-15-18-30)40-23-25-41(26-24-40)34(42)20-16-27-44-33-22-21-29(37(3,4)5)28-31(33)38(6,7)11-2/h12-15,17-19,21-22,28H,10-11,16,20,23-27H2,1-9H3/b19-12+,35-32-. The van der Waals surface area contributed by atoms with Crippen molar-refractivity contribution in [1.29, 1.82) is 0 Å². The zero-order chi connectivity index (χ0) is 33.2. The first-order valence-corrected chi connectivity index (χ1v) is 17.6. The minimum atomic E-state index is -0.0264. The van der Waals surface area contributed by atoms with Crippen molar-refractivity contribution in [2.24, 2.45) is 0 Å². The average molecular weight is 634 g/mol. The van der Waals surface area contributed by atoms with Crippen LogP contribution >= 0.6 is 11.8 Å². The molecule has 6 nitrogen and oxygen atoms in total. The number of piperazine rings is 1. The Morgan fingerprint density at radius 2 is 1.60 bits per heavy atom. The van der Waals surface area contributed by atoms with E-state index in [4.69, 9.17) is 4.74 Å². The predicted octanol–water partition coefficient (Wildman–Crippen LogP) is 8.18. The minimum absolute atomic E-state index is 0.00340. The molecule has 0 bridgehead atoms. The van der Waals surface area contributed by atoms with E-state index in [0.29, 0.717) is 50.5 Å². The zero-order valence-corrected chi connectivity index (χ0v) is 29.9. The third-order valence-corrected chi connectivity index (χ3v) is 9.61. The normalized spacial score (nSPS) is 14.9. The van der Waals surface area contributed by atoms with E-state index in [1.807, 2.05) is 48.5 Å². The minimum Gasteiger partial charge on any atom is -0.493 e. The van der Waals surface area contributed by atoms with E-state index >= 15 is 0 Å². The Bertz CT molecular complexity index is 1340. The highest BCUT2D eigenvalue weighted by Gasteiger charge is 2.28. The lowest BCUT2D eigenvalue weighted by Gasteiger charge is -2.37. The molecule has 1 aliphatic heterocycles. The highest BCUT2D eigenvalue weighted by molar-refractivity contribution is 8.03. The molecule has 0 aromatic heterocycles. The number of hydrogen-bond donors (Lipinski definition) is 0. The number of carbonyl (C=O) groups excluding carboxylic acids is 2. The van der Waals surface area contributed by atoms with Crippen LogP contribution in [0.4, 0.5) is 5.69 Å². The summed E-state index contributed by atoms with van der Waals surface area (Å²) in [5, 5.41) is 0. The van der Waals surface area contributed by atoms with Crippen LogP contribution in [0.1, 0.15) is 85.3 Å². The van der Waals surface area contributed by atoms with Crippen LogP contribution in [-0.2, 0) is 20.4 Å². The molecule has 0 unspecified atom stereocenters. The summed E-state index contributed by atoms with van der Waals surface area (Å²) >= 11 is 1.48. The van der Waals surface area contributed by atoms with Gasteiger partial charge >= 0.3 is 0 Å². The predicted molar refractivity (Wildman–Crippen MR) is 191 cm³/mol. The molecule has 0 spiro atoms. The summed E-state index contributed by atoms with van der Waals surface area (Å²) in [5.41, 5.74) is 4.41. The Morgan fingerprint density at radius 1 is 0.956 bits per heavy atom. The van der Waals surface area contributed by atoms with Gasteiger partial charge in [0, 0.05) is 50.9 Å². The summed E-state index contributed by atoms with van der Waals surface area (Å²) in [6.07, 6.45) is 9.16. The molecule has 2 aromatic carbocycles. The lowest BCUT2D eigenvalue weighted by molar-refractivity contribution is -0.133. The molecule has 0 radical (unpaired) electrons. The van der Waals surface area contributed by atoms with Crippen LogP contribution in [0.15, 0.2) is 71.3 Å². The van der Waals surface area contributed by atoms with Crippen molar-refractivity contribution in [3.8, 4) is 5.75 Å². The molecule has 7 heteroatoms. The number of hydrogen-bond acceptors (Lipinski definition) is 5. The van der Waals surface area contributed by atoms with E-state index in [1.165, 1.54) is 22.9 Å². The molecule has 1 aliphatic rings. The van der Waals surface area contributed by atoms with Gasteiger partial charge in [0.25, 0.3) is 5.91 Å². The Hall–Kier alpha value is -3.19. The Morgan fingerprint density at radius 3 is 2.18 bits per heavy atom. The van der Waals surface area contributed by atoms with Gasteiger partial charge in [-0.2, -0.15) is 0 Å². The molecule has 0 N–H and O–H groups in total. The molecule has 246 valence electrons. The van der Waals surface area contributed by atoms with Crippen LogP contribution in [0.3, 0.4) is 0 Å². The smallest absolute Gasteiger partial charge is 0.266 e. The third kappa shape index (κ3) is 9.65. The molecular weight excluding hydrogens is 579 g/mol. The number of ether oxygens (including phenoxy) is 1. The molecule has 3 rings (SSSR count). The summed E-state index contributed by atoms with van der Waals surface area (Å²) in [5.74, 6) is 1.06. The number of allylic oxidation sites excluding steroid dienone is 2. The lowest BCUT2D eigenvalue weighted by Crippen LogP contribution is -2.48. The first-order valence-electron chi connectivity index (χ1n) is 16.4. The van der Waals surface area contributed by atoms with Gasteiger partial charge in [0.1, 0.15) is 5.75 Å². The SMILES string of the molecule is CC/C=C/C(=C(/SC)C(=O)N(C)c1ccccc1)N1CCN(C(=O)CCCOc2ccc(C(C)(C)C)cc2C(C)(C)CC)CC1. The number of thioether (sulfide) groups is 1. The van der Waals surface area contributed by atoms with Crippen molar-refractivity contribution >= 4 is 29.3 Å². The molecular formula is C38H55N3O3S. The second-order valence-corrected chi connectivity index (χ2v) is 14.3. The molecule has 0 aliphatic carbocycles. The second-order valence-electron chi connectivity index (χ2n) is 13.4. The van der Waals surface area contributed by atoms with Gasteiger partial charge in [0.2, 0.25) is 5.91 Å². The van der Waals surface area contributed by atoms with Crippen LogP contribution in [-0.4, -0.2) is 67.7 Å². The van der Waals surface area contributed by atoms with E-state index in [2.05, 4.69) is 83.7 Å². The fraction of sp³-hybridized carbons (Fsp3) is 0.526. The third-order valence-electron chi connectivity index (χ3n) is 8.81. The van der Waals surface area contributed by atoms with Crippen molar-refractivity contribution in [3.63, 3.8) is 0 Å². The summed E-state index contributed by atoms with van der Waals surface area (Å²) in [6, 6.07) is 16.3. The van der Waals surface area contributed by atoms with Crippen LogP contribution in [0.5, 0.6) is 5.75 Å². The summed E-state index contributed by atoms with van der Waals surface area (Å²) in [4.78, 5) is 33.4. The van der Waals surface area contributed by atoms with Gasteiger partial charge in [-0.3, -0.25) is 9.59 Å². The summed E-state index contributed by atoms with van der Waals surface area (Å²) < 4.78 is 6.30. The second kappa shape index (κ2) is 16.4. The van der Waals surface area contributed by atoms with E-state index in [0.717, 1.165) is 30.0 Å².